The summed E-state index contributed by atoms with van der Waals surface area (Å²) in [6.07, 6.45) is 0.873. The summed E-state index contributed by atoms with van der Waals surface area (Å²) in [5.41, 5.74) is 3.91. The largest absolute Gasteiger partial charge is 0.493 e. The van der Waals surface area contributed by atoms with Crippen molar-refractivity contribution in [1.29, 1.82) is 0 Å². The van der Waals surface area contributed by atoms with Gasteiger partial charge in [0.05, 0.1) is 18.3 Å². The summed E-state index contributed by atoms with van der Waals surface area (Å²) in [6, 6.07) is 16.4. The third-order valence-corrected chi connectivity index (χ3v) is 4.33. The first-order chi connectivity index (χ1) is 12.2. The van der Waals surface area contributed by atoms with Crippen LogP contribution >= 0.6 is 0 Å². The minimum Gasteiger partial charge on any atom is -0.493 e. The van der Waals surface area contributed by atoms with Gasteiger partial charge < -0.3 is 10.1 Å². The Morgan fingerprint density at radius 2 is 1.88 bits per heavy atom. The summed E-state index contributed by atoms with van der Waals surface area (Å²) in [5, 5.41) is 12.0. The van der Waals surface area contributed by atoms with Crippen LogP contribution in [0.3, 0.4) is 0 Å². The van der Waals surface area contributed by atoms with Gasteiger partial charge in [0.15, 0.2) is 0 Å². The van der Waals surface area contributed by atoms with E-state index in [1.807, 2.05) is 18.2 Å². The van der Waals surface area contributed by atoms with Gasteiger partial charge in [-0.2, -0.15) is 0 Å². The van der Waals surface area contributed by atoms with E-state index in [9.17, 15) is 4.39 Å². The number of rotatable bonds is 3. The summed E-state index contributed by atoms with van der Waals surface area (Å²) in [7, 11) is 0. The minimum atomic E-state index is -0.261. The minimum absolute atomic E-state index is 0.148. The van der Waals surface area contributed by atoms with Gasteiger partial charge in [0, 0.05) is 17.5 Å². The van der Waals surface area contributed by atoms with Gasteiger partial charge in [0.1, 0.15) is 17.4 Å². The van der Waals surface area contributed by atoms with Crippen LogP contribution in [0.25, 0.3) is 11.3 Å². The van der Waals surface area contributed by atoms with Crippen LogP contribution in [-0.4, -0.2) is 16.8 Å². The molecule has 1 aliphatic rings. The lowest BCUT2D eigenvalue weighted by atomic mass is 9.98. The van der Waals surface area contributed by atoms with Crippen molar-refractivity contribution in [2.24, 2.45) is 0 Å². The predicted molar refractivity (Wildman–Crippen MR) is 95.1 cm³/mol. The number of hydrogen-bond acceptors (Lipinski definition) is 4. The van der Waals surface area contributed by atoms with Gasteiger partial charge >= 0.3 is 0 Å². The Hall–Kier alpha value is -2.95. The van der Waals surface area contributed by atoms with E-state index in [1.54, 1.807) is 12.1 Å². The van der Waals surface area contributed by atoms with Crippen molar-refractivity contribution in [3.8, 4) is 17.0 Å². The number of fused-ring (bicyclic) bond motifs is 1. The summed E-state index contributed by atoms with van der Waals surface area (Å²) in [4.78, 5) is 0. The van der Waals surface area contributed by atoms with E-state index in [1.165, 1.54) is 17.7 Å². The number of nitrogens with zero attached hydrogens (tertiary/aromatic N) is 2. The molecule has 25 heavy (non-hydrogen) atoms. The first-order valence-electron chi connectivity index (χ1n) is 8.28. The molecule has 0 spiro atoms. The molecule has 1 aromatic heterocycles. The Balaban J connectivity index is 1.54. The third kappa shape index (κ3) is 3.31. The molecule has 0 saturated carbocycles. The molecule has 126 valence electrons. The number of halogens is 1. The second kappa shape index (κ2) is 6.51. The molecular weight excluding hydrogens is 317 g/mol. The van der Waals surface area contributed by atoms with E-state index in [-0.39, 0.29) is 11.9 Å². The van der Waals surface area contributed by atoms with Crippen LogP contribution < -0.4 is 10.1 Å². The number of hydrogen-bond donors (Lipinski definition) is 1. The van der Waals surface area contributed by atoms with E-state index >= 15 is 0 Å². The zero-order valence-corrected chi connectivity index (χ0v) is 13.9. The molecule has 0 aliphatic carbocycles. The molecule has 2 aromatic carbocycles. The SMILES string of the molecule is Cc1ccc2c(c1)C(Nc1ccc(-c3ccc(F)cc3)nn1)CCO2. The van der Waals surface area contributed by atoms with Crippen molar-refractivity contribution in [3.05, 3.63) is 71.5 Å². The van der Waals surface area contributed by atoms with Gasteiger partial charge in [-0.25, -0.2) is 4.39 Å². The fourth-order valence-corrected chi connectivity index (χ4v) is 3.03. The lowest BCUT2D eigenvalue weighted by molar-refractivity contribution is 0.274. The monoisotopic (exact) mass is 335 g/mol. The normalized spacial score (nSPS) is 16.0. The van der Waals surface area contributed by atoms with E-state index in [0.29, 0.717) is 18.1 Å². The number of benzene rings is 2. The lowest BCUT2D eigenvalue weighted by Crippen LogP contribution is -2.21. The highest BCUT2D eigenvalue weighted by atomic mass is 19.1. The highest BCUT2D eigenvalue weighted by Gasteiger charge is 2.21. The average molecular weight is 335 g/mol. The van der Waals surface area contributed by atoms with Crippen molar-refractivity contribution in [1.82, 2.24) is 10.2 Å². The Morgan fingerprint density at radius 3 is 2.64 bits per heavy atom. The van der Waals surface area contributed by atoms with Gasteiger partial charge in [-0.3, -0.25) is 0 Å². The second-order valence-electron chi connectivity index (χ2n) is 6.19. The quantitative estimate of drug-likeness (QED) is 0.764. The van der Waals surface area contributed by atoms with Crippen LogP contribution in [0.1, 0.15) is 23.6 Å². The molecule has 5 heteroatoms. The number of nitrogens with one attached hydrogen (secondary N) is 1. The number of aromatic nitrogens is 2. The molecule has 0 saturated heterocycles. The molecule has 0 fully saturated rings. The molecule has 2 heterocycles. The maximum absolute atomic E-state index is 13.0. The summed E-state index contributed by atoms with van der Waals surface area (Å²) >= 11 is 0. The van der Waals surface area contributed by atoms with E-state index in [0.717, 1.165) is 23.3 Å². The van der Waals surface area contributed by atoms with E-state index < -0.39 is 0 Å². The van der Waals surface area contributed by atoms with E-state index in [2.05, 4.69) is 34.6 Å². The van der Waals surface area contributed by atoms with Gasteiger partial charge in [-0.1, -0.05) is 17.7 Å². The predicted octanol–water partition coefficient (Wildman–Crippen LogP) is 4.53. The highest BCUT2D eigenvalue weighted by molar-refractivity contribution is 5.59. The molecule has 4 nitrogen and oxygen atoms in total. The molecule has 1 aliphatic heterocycles. The van der Waals surface area contributed by atoms with Crippen LogP contribution in [0, 0.1) is 12.7 Å². The highest BCUT2D eigenvalue weighted by Crippen LogP contribution is 2.34. The molecule has 1 atom stereocenters. The Morgan fingerprint density at radius 1 is 1.04 bits per heavy atom. The van der Waals surface area contributed by atoms with Crippen LogP contribution in [0.2, 0.25) is 0 Å². The first kappa shape index (κ1) is 15.6. The smallest absolute Gasteiger partial charge is 0.149 e. The molecule has 0 radical (unpaired) electrons. The molecule has 0 bridgehead atoms. The van der Waals surface area contributed by atoms with Gasteiger partial charge in [-0.05, 0) is 49.4 Å². The summed E-state index contributed by atoms with van der Waals surface area (Å²) in [5.74, 6) is 1.37. The zero-order chi connectivity index (χ0) is 17.2. The second-order valence-corrected chi connectivity index (χ2v) is 6.19. The molecule has 4 rings (SSSR count). The fourth-order valence-electron chi connectivity index (χ4n) is 3.03. The lowest BCUT2D eigenvalue weighted by Gasteiger charge is -2.27. The zero-order valence-electron chi connectivity index (χ0n) is 13.9. The maximum Gasteiger partial charge on any atom is 0.149 e. The Kier molecular flexibility index (Phi) is 4.06. The Bertz CT molecular complexity index is 878. The molecule has 1 N–H and O–H groups in total. The third-order valence-electron chi connectivity index (χ3n) is 4.33. The maximum atomic E-state index is 13.0. The van der Waals surface area contributed by atoms with Crippen molar-refractivity contribution in [2.45, 2.75) is 19.4 Å². The standard InChI is InChI=1S/C20H18FN3O/c1-13-2-8-19-16(12-13)18(10-11-25-19)22-20-9-7-17(23-24-20)14-3-5-15(21)6-4-14/h2-9,12,18H,10-11H2,1H3,(H,22,24). The molecule has 0 amide bonds. The van der Waals surface area contributed by atoms with Crippen molar-refractivity contribution in [2.75, 3.05) is 11.9 Å². The van der Waals surface area contributed by atoms with Crippen molar-refractivity contribution >= 4 is 5.82 Å². The average Bonchev–Trinajstić information content (AvgIpc) is 2.64. The van der Waals surface area contributed by atoms with Crippen LogP contribution in [0.4, 0.5) is 10.2 Å². The number of anilines is 1. The van der Waals surface area contributed by atoms with Crippen LogP contribution in [0.5, 0.6) is 5.75 Å². The first-order valence-corrected chi connectivity index (χ1v) is 8.28. The summed E-state index contributed by atoms with van der Waals surface area (Å²) < 4.78 is 18.7. The van der Waals surface area contributed by atoms with E-state index in [4.69, 9.17) is 4.74 Å². The molecule has 1 unspecified atom stereocenters. The summed E-state index contributed by atoms with van der Waals surface area (Å²) in [6.45, 7) is 2.75. The van der Waals surface area contributed by atoms with Gasteiger partial charge in [0.25, 0.3) is 0 Å². The fraction of sp³-hybridized carbons (Fsp3) is 0.200. The van der Waals surface area contributed by atoms with Crippen molar-refractivity contribution < 1.29 is 9.13 Å². The van der Waals surface area contributed by atoms with Crippen molar-refractivity contribution in [3.63, 3.8) is 0 Å². The molecule has 3 aromatic rings. The van der Waals surface area contributed by atoms with Crippen LogP contribution in [0.15, 0.2) is 54.6 Å². The number of aryl methyl sites for hydroxylation is 1. The Labute approximate surface area is 145 Å². The van der Waals surface area contributed by atoms with Gasteiger partial charge in [-0.15, -0.1) is 10.2 Å². The number of ether oxygens (including phenoxy) is 1. The van der Waals surface area contributed by atoms with Gasteiger partial charge in [0.2, 0.25) is 0 Å². The van der Waals surface area contributed by atoms with Crippen LogP contribution in [-0.2, 0) is 0 Å². The topological polar surface area (TPSA) is 47.0 Å². The molecular formula is C20H18FN3O.